The highest BCUT2D eigenvalue weighted by molar-refractivity contribution is 5.95. The number of piperazine rings is 1. The zero-order valence-electron chi connectivity index (χ0n) is 18.0. The van der Waals surface area contributed by atoms with Gasteiger partial charge in [0.05, 0.1) is 5.56 Å². The van der Waals surface area contributed by atoms with Gasteiger partial charge in [-0.2, -0.15) is 0 Å². The van der Waals surface area contributed by atoms with Gasteiger partial charge in [0.25, 0.3) is 11.8 Å². The van der Waals surface area contributed by atoms with Gasteiger partial charge in [-0.3, -0.25) is 9.59 Å². The zero-order valence-corrected chi connectivity index (χ0v) is 18.0. The summed E-state index contributed by atoms with van der Waals surface area (Å²) < 4.78 is 20.7. The molecule has 8 heteroatoms. The molecule has 7 nitrogen and oxygen atoms in total. The average Bonchev–Trinajstić information content (AvgIpc) is 3.38. The summed E-state index contributed by atoms with van der Waals surface area (Å²) in [7, 11) is 0. The van der Waals surface area contributed by atoms with Gasteiger partial charge in [0.1, 0.15) is 16.9 Å². The molecule has 1 aliphatic carbocycles. The van der Waals surface area contributed by atoms with Gasteiger partial charge < -0.3 is 19.3 Å². The minimum Gasteiger partial charge on any atom is -0.436 e. The van der Waals surface area contributed by atoms with Crippen molar-refractivity contribution in [2.45, 2.75) is 38.3 Å². The van der Waals surface area contributed by atoms with Gasteiger partial charge in [-0.05, 0) is 62.6 Å². The van der Waals surface area contributed by atoms with Gasteiger partial charge >= 0.3 is 0 Å². The third kappa shape index (κ3) is 3.54. The lowest BCUT2D eigenvalue weighted by molar-refractivity contribution is -0.146. The maximum Gasteiger partial charge on any atom is 0.256 e. The van der Waals surface area contributed by atoms with Gasteiger partial charge in [0.2, 0.25) is 5.89 Å². The molecule has 1 saturated carbocycles. The molecule has 1 atom stereocenters. The number of halogens is 1. The van der Waals surface area contributed by atoms with Crippen molar-refractivity contribution >= 4 is 22.9 Å². The second kappa shape index (κ2) is 7.41. The van der Waals surface area contributed by atoms with Crippen LogP contribution in [0.2, 0.25) is 0 Å². The van der Waals surface area contributed by atoms with Crippen molar-refractivity contribution in [1.29, 1.82) is 0 Å². The Kier molecular flexibility index (Phi) is 4.78. The van der Waals surface area contributed by atoms with E-state index in [-0.39, 0.29) is 30.6 Å². The molecular weight excluding hydrogens is 413 g/mol. The van der Waals surface area contributed by atoms with Crippen LogP contribution < -0.4 is 0 Å². The number of benzene rings is 2. The summed E-state index contributed by atoms with van der Waals surface area (Å²) in [5.41, 5.74) is 1.53. The Hall–Kier alpha value is -3.26. The molecule has 166 valence electrons. The highest BCUT2D eigenvalue weighted by atomic mass is 19.1. The van der Waals surface area contributed by atoms with E-state index < -0.39 is 17.3 Å². The number of aryl methyl sites for hydroxylation is 1. The number of carbonyl (C=O) groups excluding carboxylic acids is 2. The molecule has 0 radical (unpaired) electrons. The number of rotatable bonds is 3. The first-order valence-electron chi connectivity index (χ1n) is 10.7. The van der Waals surface area contributed by atoms with Crippen molar-refractivity contribution in [2.75, 3.05) is 19.6 Å². The normalized spacial score (nSPS) is 19.9. The van der Waals surface area contributed by atoms with E-state index >= 15 is 0 Å². The third-order valence-corrected chi connectivity index (χ3v) is 6.29. The first kappa shape index (κ1) is 20.6. The minimum atomic E-state index is -1.23. The van der Waals surface area contributed by atoms with Crippen LogP contribution in [0, 0.1) is 12.7 Å². The van der Waals surface area contributed by atoms with Crippen LogP contribution >= 0.6 is 0 Å². The minimum absolute atomic E-state index is 0.0338. The highest BCUT2D eigenvalue weighted by Crippen LogP contribution is 2.37. The Bertz CT molecular complexity index is 1230. The van der Waals surface area contributed by atoms with Crippen molar-refractivity contribution in [3.63, 3.8) is 0 Å². The smallest absolute Gasteiger partial charge is 0.256 e. The van der Waals surface area contributed by atoms with Gasteiger partial charge in [0, 0.05) is 31.2 Å². The monoisotopic (exact) mass is 437 g/mol. The third-order valence-electron chi connectivity index (χ3n) is 6.29. The molecule has 0 unspecified atom stereocenters. The molecular formula is C24H24FN3O4. The number of oxazole rings is 1. The molecule has 5 rings (SSSR count). The fourth-order valence-electron chi connectivity index (χ4n) is 4.19. The summed E-state index contributed by atoms with van der Waals surface area (Å²) in [5.74, 6) is -1.06. The number of aliphatic hydroxyl groups is 1. The molecule has 1 aromatic heterocycles. The first-order valence-corrected chi connectivity index (χ1v) is 10.7. The molecule has 2 aliphatic rings. The summed E-state index contributed by atoms with van der Waals surface area (Å²) in [5, 5.41) is 10.1. The number of hydrogen-bond donors (Lipinski definition) is 1. The largest absolute Gasteiger partial charge is 0.436 e. The van der Waals surface area contributed by atoms with E-state index in [9.17, 15) is 19.1 Å². The van der Waals surface area contributed by atoms with Gasteiger partial charge in [-0.1, -0.05) is 6.07 Å². The van der Waals surface area contributed by atoms with Gasteiger partial charge in [-0.25, -0.2) is 9.37 Å². The second-order valence-corrected chi connectivity index (χ2v) is 8.82. The number of carbonyl (C=O) groups is 2. The van der Waals surface area contributed by atoms with E-state index in [0.29, 0.717) is 41.9 Å². The summed E-state index contributed by atoms with van der Waals surface area (Å²) in [6.45, 7) is 4.67. The Morgan fingerprint density at radius 2 is 1.97 bits per heavy atom. The van der Waals surface area contributed by atoms with Gasteiger partial charge in [-0.15, -0.1) is 0 Å². The van der Waals surface area contributed by atoms with Crippen LogP contribution in [0.3, 0.4) is 0 Å². The average molecular weight is 437 g/mol. The van der Waals surface area contributed by atoms with Crippen molar-refractivity contribution in [2.24, 2.45) is 0 Å². The summed E-state index contributed by atoms with van der Waals surface area (Å²) in [6.07, 6.45) is 0.962. The highest BCUT2D eigenvalue weighted by Gasteiger charge is 2.51. The molecule has 32 heavy (non-hydrogen) atoms. The number of nitrogens with zero attached hydrogens (tertiary/aromatic N) is 3. The predicted molar refractivity (Wildman–Crippen MR) is 115 cm³/mol. The first-order chi connectivity index (χ1) is 15.2. The quantitative estimate of drug-likeness (QED) is 0.680. The van der Waals surface area contributed by atoms with Gasteiger partial charge in [0.15, 0.2) is 5.58 Å². The maximum atomic E-state index is 14.9. The Balaban J connectivity index is 1.32. The van der Waals surface area contributed by atoms with E-state index in [1.54, 1.807) is 15.9 Å². The molecule has 2 aromatic carbocycles. The molecule has 2 fully saturated rings. The number of fused-ring (bicyclic) bond motifs is 1. The molecule has 1 aliphatic heterocycles. The number of hydrogen-bond acceptors (Lipinski definition) is 5. The van der Waals surface area contributed by atoms with Crippen LogP contribution in [0.15, 0.2) is 40.8 Å². The molecule has 1 saturated heterocycles. The summed E-state index contributed by atoms with van der Waals surface area (Å²) in [4.78, 5) is 33.0. The Morgan fingerprint density at radius 3 is 2.66 bits per heavy atom. The standard InChI is InChI=1S/C24H24FN3O4/c1-14-3-6-19-20(11-14)32-21(26-19)16-4-5-17(18(25)12-16)22(29)27-9-10-28(15(2)13-27)23(30)24(31)7-8-24/h3-6,11-12,15,31H,7-10,13H2,1-2H3/t15-/m0/s1. The number of amides is 2. The Labute approximate surface area is 184 Å². The van der Waals surface area contributed by atoms with E-state index in [0.717, 1.165) is 5.56 Å². The molecule has 1 N–H and O–H groups in total. The van der Waals surface area contributed by atoms with E-state index in [1.165, 1.54) is 12.1 Å². The van der Waals surface area contributed by atoms with Crippen LogP contribution in [0.5, 0.6) is 0 Å². The lowest BCUT2D eigenvalue weighted by Gasteiger charge is -2.40. The summed E-state index contributed by atoms with van der Waals surface area (Å²) >= 11 is 0. The van der Waals surface area contributed by atoms with Crippen LogP contribution in [0.1, 0.15) is 35.7 Å². The van der Waals surface area contributed by atoms with Crippen LogP contribution in [0.25, 0.3) is 22.6 Å². The summed E-state index contributed by atoms with van der Waals surface area (Å²) in [6, 6.07) is 9.72. The zero-order chi connectivity index (χ0) is 22.6. The SMILES string of the molecule is Cc1ccc2nc(-c3ccc(C(=O)N4CCN(C(=O)C5(O)CC5)[C@@H](C)C4)c(F)c3)oc2c1. The van der Waals surface area contributed by atoms with Crippen molar-refractivity contribution in [1.82, 2.24) is 14.8 Å². The molecule has 0 spiro atoms. The predicted octanol–water partition coefficient (Wildman–Crippen LogP) is 3.14. The molecule has 3 aromatic rings. The Morgan fingerprint density at radius 1 is 1.19 bits per heavy atom. The van der Waals surface area contributed by atoms with E-state index in [4.69, 9.17) is 4.42 Å². The lowest BCUT2D eigenvalue weighted by atomic mass is 10.1. The van der Waals surface area contributed by atoms with Crippen molar-refractivity contribution in [3.05, 3.63) is 53.3 Å². The molecule has 2 amide bonds. The van der Waals surface area contributed by atoms with Crippen LogP contribution in [0.4, 0.5) is 4.39 Å². The molecule has 0 bridgehead atoms. The fraction of sp³-hybridized carbons (Fsp3) is 0.375. The lowest BCUT2D eigenvalue weighted by Crippen LogP contribution is -2.58. The van der Waals surface area contributed by atoms with Crippen molar-refractivity contribution in [3.8, 4) is 11.5 Å². The van der Waals surface area contributed by atoms with E-state index in [1.807, 2.05) is 32.0 Å². The number of aromatic nitrogens is 1. The van der Waals surface area contributed by atoms with Crippen LogP contribution in [-0.4, -0.2) is 63.0 Å². The van der Waals surface area contributed by atoms with Crippen molar-refractivity contribution < 1.29 is 23.5 Å². The maximum absolute atomic E-state index is 14.9. The second-order valence-electron chi connectivity index (χ2n) is 8.82. The van der Waals surface area contributed by atoms with E-state index in [2.05, 4.69) is 4.98 Å². The van der Waals surface area contributed by atoms with Crippen LogP contribution in [-0.2, 0) is 4.79 Å². The molecule has 2 heterocycles. The topological polar surface area (TPSA) is 86.9 Å². The fourth-order valence-corrected chi connectivity index (χ4v) is 4.19.